The van der Waals surface area contributed by atoms with Gasteiger partial charge < -0.3 is 88.7 Å². The van der Waals surface area contributed by atoms with Gasteiger partial charge in [-0.25, -0.2) is 0 Å². The van der Waals surface area contributed by atoms with Crippen LogP contribution in [0.3, 0.4) is 0 Å². The normalized spacial score (nSPS) is 7.58. The van der Waals surface area contributed by atoms with Crippen LogP contribution in [0.2, 0.25) is 0 Å². The molecule has 0 spiro atoms. The van der Waals surface area contributed by atoms with Crippen LogP contribution >= 0.6 is 0 Å². The molecule has 0 aromatic heterocycles. The number of rotatable bonds is 6. The van der Waals surface area contributed by atoms with Crippen molar-refractivity contribution >= 4 is 0 Å². The monoisotopic (exact) mass is 1100 g/mol. The van der Waals surface area contributed by atoms with E-state index in [1.54, 1.807) is 41.5 Å². The molecular formula is C18H58O17W3. The Morgan fingerprint density at radius 1 is 0.263 bits per heavy atom. The van der Waals surface area contributed by atoms with Crippen LogP contribution < -0.4 is 0 Å². The molecule has 250 valence electrons. The van der Waals surface area contributed by atoms with Crippen LogP contribution in [0.15, 0.2) is 0 Å². The van der Waals surface area contributed by atoms with Gasteiger partial charge in [-0.15, -0.1) is 0 Å². The van der Waals surface area contributed by atoms with Crippen molar-refractivity contribution in [2.45, 2.75) is 118 Å². The van der Waals surface area contributed by atoms with E-state index < -0.39 is 37.7 Å². The van der Waals surface area contributed by atoms with Gasteiger partial charge in [0.2, 0.25) is 0 Å². The van der Waals surface area contributed by atoms with Crippen LogP contribution in [0, 0.1) is 0 Å². The topological polar surface area (TPSA) is 400 Å². The maximum atomic E-state index is 7.92. The Morgan fingerprint density at radius 2 is 0.289 bits per heavy atom. The van der Waals surface area contributed by atoms with Gasteiger partial charge in [0.1, 0.15) is 0 Å². The Kier molecular flexibility index (Phi) is 197. The molecule has 0 rings (SSSR count). The number of hydrogen-bond donors (Lipinski definition) is 12. The van der Waals surface area contributed by atoms with Crippen molar-refractivity contribution in [3.63, 3.8) is 0 Å². The SMILES string of the molecule is CCC(O)O.CCC(O)O.CCC(O)O.CCC(O)O.CCC(O)O.CCC(O)O.O.O.O.O.O.[W].[W].[W]. The van der Waals surface area contributed by atoms with Crippen LogP contribution in [-0.2, 0) is 63.2 Å². The van der Waals surface area contributed by atoms with E-state index in [2.05, 4.69) is 0 Å². The average Bonchev–Trinajstić information content (AvgIpc) is 2.69. The van der Waals surface area contributed by atoms with Gasteiger partial charge in [0, 0.05) is 63.2 Å². The van der Waals surface area contributed by atoms with Gasteiger partial charge >= 0.3 is 0 Å². The third-order valence-electron chi connectivity index (χ3n) is 2.19. The molecular weight excluding hydrogens is 1040 g/mol. The van der Waals surface area contributed by atoms with Gasteiger partial charge in [-0.3, -0.25) is 0 Å². The van der Waals surface area contributed by atoms with E-state index in [1.807, 2.05) is 0 Å². The second kappa shape index (κ2) is 83.3. The first-order valence-corrected chi connectivity index (χ1v) is 9.79. The summed E-state index contributed by atoms with van der Waals surface area (Å²) in [7, 11) is 0. The first kappa shape index (κ1) is 90.1. The quantitative estimate of drug-likeness (QED) is 0.111. The summed E-state index contributed by atoms with van der Waals surface area (Å²) in [5.74, 6) is 0. The summed E-state index contributed by atoms with van der Waals surface area (Å²) in [6.07, 6.45) is -4.19. The summed E-state index contributed by atoms with van der Waals surface area (Å²) < 4.78 is 0. The summed E-state index contributed by atoms with van der Waals surface area (Å²) in [6.45, 7) is 10.2. The first-order valence-electron chi connectivity index (χ1n) is 9.79. The summed E-state index contributed by atoms with van der Waals surface area (Å²) in [6, 6.07) is 0. The molecule has 0 bridgehead atoms. The maximum Gasteiger partial charge on any atom is 0.151 e. The molecule has 17 nitrogen and oxygen atoms in total. The molecule has 0 aliphatic rings. The first-order chi connectivity index (χ1) is 13.6. The number of aliphatic hydroxyl groups excluding tert-OH is 6. The Labute approximate surface area is 268 Å². The largest absolute Gasteiger partial charge is 0.412 e. The fraction of sp³-hybridized carbons (Fsp3) is 1.00. The van der Waals surface area contributed by atoms with E-state index in [0.717, 1.165) is 0 Å². The Bertz CT molecular complexity index is 196. The van der Waals surface area contributed by atoms with E-state index in [1.165, 1.54) is 0 Å². The zero-order valence-corrected chi connectivity index (χ0v) is 31.6. The molecule has 0 aliphatic carbocycles. The van der Waals surface area contributed by atoms with Crippen LogP contribution in [0.4, 0.5) is 0 Å². The second-order valence-electron chi connectivity index (χ2n) is 5.33. The van der Waals surface area contributed by atoms with Gasteiger partial charge in [-0.05, 0) is 38.5 Å². The maximum absolute atomic E-state index is 7.92. The number of aliphatic hydroxyl groups is 12. The molecule has 0 saturated heterocycles. The van der Waals surface area contributed by atoms with Crippen LogP contribution in [0.1, 0.15) is 80.1 Å². The van der Waals surface area contributed by atoms with Gasteiger partial charge in [-0.1, -0.05) is 41.5 Å². The molecule has 0 aliphatic heterocycles. The van der Waals surface area contributed by atoms with E-state index in [9.17, 15) is 0 Å². The zero-order valence-electron chi connectivity index (χ0n) is 22.8. The molecule has 0 heterocycles. The Morgan fingerprint density at radius 3 is 0.289 bits per heavy atom. The standard InChI is InChI=1S/6C3H8O2.5H2O.3W/c6*1-2-3(4)5;;;;;;;;/h6*3-5H,2H2,1H3;5*1H2;;;. The molecule has 0 saturated carbocycles. The molecule has 0 atom stereocenters. The van der Waals surface area contributed by atoms with E-state index in [0.29, 0.717) is 38.5 Å². The van der Waals surface area contributed by atoms with Crippen molar-refractivity contribution in [2.24, 2.45) is 0 Å². The molecule has 0 radical (unpaired) electrons. The minimum absolute atomic E-state index is 0. The third kappa shape index (κ3) is 276. The predicted molar refractivity (Wildman–Crippen MR) is 129 cm³/mol. The minimum Gasteiger partial charge on any atom is -0.412 e. The fourth-order valence-corrected chi connectivity index (χ4v) is 0. The van der Waals surface area contributed by atoms with Crippen molar-refractivity contribution < 1.29 is 152 Å². The van der Waals surface area contributed by atoms with Gasteiger partial charge in [-0.2, -0.15) is 0 Å². The van der Waals surface area contributed by atoms with E-state index >= 15 is 0 Å². The number of hydrogen-bond acceptors (Lipinski definition) is 12. The van der Waals surface area contributed by atoms with E-state index in [4.69, 9.17) is 61.3 Å². The van der Waals surface area contributed by atoms with Crippen molar-refractivity contribution in [1.82, 2.24) is 0 Å². The van der Waals surface area contributed by atoms with Gasteiger partial charge in [0.15, 0.2) is 37.7 Å². The minimum atomic E-state index is -1.12. The van der Waals surface area contributed by atoms with Crippen molar-refractivity contribution in [3.8, 4) is 0 Å². The van der Waals surface area contributed by atoms with Gasteiger partial charge in [0.25, 0.3) is 0 Å². The van der Waals surface area contributed by atoms with Crippen molar-refractivity contribution in [3.05, 3.63) is 0 Å². The smallest absolute Gasteiger partial charge is 0.151 e. The molecule has 0 fully saturated rings. The third-order valence-corrected chi connectivity index (χ3v) is 2.19. The molecule has 0 aromatic carbocycles. The Balaban J connectivity index is -0.0000000145. The summed E-state index contributed by atoms with van der Waals surface area (Å²) in [4.78, 5) is 0. The van der Waals surface area contributed by atoms with Crippen LogP contribution in [0.5, 0.6) is 0 Å². The average molecular weight is 1100 g/mol. The molecule has 0 aromatic rings. The summed E-state index contributed by atoms with van der Waals surface area (Å²) in [5, 5.41) is 95.0. The molecule has 38 heavy (non-hydrogen) atoms. The fourth-order valence-electron chi connectivity index (χ4n) is 0. The second-order valence-corrected chi connectivity index (χ2v) is 5.33. The molecule has 20 heteroatoms. The van der Waals surface area contributed by atoms with E-state index in [-0.39, 0.29) is 90.6 Å². The molecule has 0 amide bonds. The van der Waals surface area contributed by atoms with Crippen LogP contribution in [0.25, 0.3) is 0 Å². The summed E-state index contributed by atoms with van der Waals surface area (Å²) >= 11 is 0. The van der Waals surface area contributed by atoms with Gasteiger partial charge in [0.05, 0.1) is 0 Å². The van der Waals surface area contributed by atoms with Crippen LogP contribution in [-0.4, -0.2) is 126 Å². The van der Waals surface area contributed by atoms with Crippen molar-refractivity contribution in [2.75, 3.05) is 0 Å². The summed E-state index contributed by atoms with van der Waals surface area (Å²) in [5.41, 5.74) is 0. The predicted octanol–water partition coefficient (Wildman–Crippen LogP) is -5.89. The molecule has 22 N–H and O–H groups in total. The Hall–Kier alpha value is 1.38. The zero-order chi connectivity index (χ0) is 25.7. The molecule has 0 unspecified atom stereocenters. The van der Waals surface area contributed by atoms with Crippen molar-refractivity contribution in [1.29, 1.82) is 0 Å².